The van der Waals surface area contributed by atoms with Gasteiger partial charge in [0, 0.05) is 24.2 Å². The highest BCUT2D eigenvalue weighted by atomic mass is 16.4. The number of carbonyl (C=O) groups is 1. The molecule has 0 saturated carbocycles. The van der Waals surface area contributed by atoms with Gasteiger partial charge >= 0.3 is 5.97 Å². The second-order valence-electron chi connectivity index (χ2n) is 6.80. The second kappa shape index (κ2) is 6.98. The highest BCUT2D eigenvalue weighted by Gasteiger charge is 2.20. The average Bonchev–Trinajstić information content (AvgIpc) is 3.17. The first kappa shape index (κ1) is 17.0. The zero-order valence-electron chi connectivity index (χ0n) is 15.1. The van der Waals surface area contributed by atoms with Crippen molar-refractivity contribution in [2.45, 2.75) is 53.0 Å². The highest BCUT2D eigenvalue weighted by molar-refractivity contribution is 5.97. The summed E-state index contributed by atoms with van der Waals surface area (Å²) in [5, 5.41) is 10.6. The van der Waals surface area contributed by atoms with E-state index in [2.05, 4.69) is 30.2 Å². The van der Waals surface area contributed by atoms with Crippen molar-refractivity contribution < 1.29 is 9.90 Å². The summed E-state index contributed by atoms with van der Waals surface area (Å²) in [6, 6.07) is 3.73. The number of nitrogens with zero attached hydrogens (tertiary/aromatic N) is 2. The van der Waals surface area contributed by atoms with Crippen LogP contribution in [0.25, 0.3) is 10.9 Å². The Labute approximate surface area is 144 Å². The van der Waals surface area contributed by atoms with Crippen LogP contribution in [0.3, 0.4) is 0 Å². The number of hydrogen-bond acceptors (Lipinski definition) is 2. The number of aromatic carboxylic acids is 1. The van der Waals surface area contributed by atoms with E-state index in [1.165, 1.54) is 42.7 Å². The Hall–Kier alpha value is -1.81. The molecule has 0 aliphatic carbocycles. The fourth-order valence-corrected chi connectivity index (χ4v) is 4.15. The maximum atomic E-state index is 11.5. The molecule has 0 amide bonds. The van der Waals surface area contributed by atoms with E-state index in [9.17, 15) is 9.90 Å². The zero-order chi connectivity index (χ0) is 17.3. The standard InChI is InChI=1S/C20H28N2O2/c1-4-15-12-16(20(23)24)13-18-17(8-11-21-9-6-7-10-21)14(3)22(5-2)19(15)18/h12-13H,4-11H2,1-3H3,(H,23,24). The van der Waals surface area contributed by atoms with Crippen molar-refractivity contribution in [1.29, 1.82) is 0 Å². The Bertz CT molecular complexity index is 755. The van der Waals surface area contributed by atoms with E-state index >= 15 is 0 Å². The van der Waals surface area contributed by atoms with Crippen molar-refractivity contribution in [1.82, 2.24) is 9.47 Å². The van der Waals surface area contributed by atoms with Crippen LogP contribution in [0.15, 0.2) is 12.1 Å². The van der Waals surface area contributed by atoms with Gasteiger partial charge in [0.15, 0.2) is 0 Å². The fraction of sp³-hybridized carbons (Fsp3) is 0.550. The molecule has 1 saturated heterocycles. The monoisotopic (exact) mass is 328 g/mol. The summed E-state index contributed by atoms with van der Waals surface area (Å²) in [6.07, 6.45) is 4.46. The van der Waals surface area contributed by atoms with Crippen LogP contribution in [0.1, 0.15) is 53.9 Å². The molecule has 1 aliphatic rings. The lowest BCUT2D eigenvalue weighted by Crippen LogP contribution is -2.22. The second-order valence-corrected chi connectivity index (χ2v) is 6.80. The van der Waals surface area contributed by atoms with Crippen LogP contribution in [-0.4, -0.2) is 40.2 Å². The van der Waals surface area contributed by atoms with Gasteiger partial charge in [0.05, 0.1) is 11.1 Å². The van der Waals surface area contributed by atoms with Crippen molar-refractivity contribution in [3.63, 3.8) is 0 Å². The van der Waals surface area contributed by atoms with Gasteiger partial charge in [-0.05, 0) is 75.9 Å². The average molecular weight is 328 g/mol. The Kier molecular flexibility index (Phi) is 4.95. The normalized spacial score (nSPS) is 15.5. The van der Waals surface area contributed by atoms with E-state index in [-0.39, 0.29) is 0 Å². The molecular weight excluding hydrogens is 300 g/mol. The number of fused-ring (bicyclic) bond motifs is 1. The Morgan fingerprint density at radius 2 is 1.92 bits per heavy atom. The van der Waals surface area contributed by atoms with Crippen molar-refractivity contribution in [2.24, 2.45) is 0 Å². The minimum absolute atomic E-state index is 0.412. The molecule has 0 unspecified atom stereocenters. The van der Waals surface area contributed by atoms with E-state index in [0.29, 0.717) is 5.56 Å². The lowest BCUT2D eigenvalue weighted by Gasteiger charge is -2.14. The molecule has 1 aliphatic heterocycles. The number of benzene rings is 1. The predicted octanol–water partition coefficient (Wildman–Crippen LogP) is 3.87. The van der Waals surface area contributed by atoms with Crippen LogP contribution >= 0.6 is 0 Å². The largest absolute Gasteiger partial charge is 0.478 e. The van der Waals surface area contributed by atoms with Crippen LogP contribution in [-0.2, 0) is 19.4 Å². The van der Waals surface area contributed by atoms with Crippen LogP contribution in [0, 0.1) is 6.92 Å². The maximum absolute atomic E-state index is 11.5. The number of aryl methyl sites for hydroxylation is 2. The van der Waals surface area contributed by atoms with Crippen molar-refractivity contribution in [3.8, 4) is 0 Å². The molecule has 4 nitrogen and oxygen atoms in total. The maximum Gasteiger partial charge on any atom is 0.335 e. The molecule has 1 N–H and O–H groups in total. The molecule has 2 heterocycles. The topological polar surface area (TPSA) is 45.5 Å². The van der Waals surface area contributed by atoms with E-state index in [0.717, 1.165) is 36.9 Å². The van der Waals surface area contributed by atoms with Crippen LogP contribution in [0.5, 0.6) is 0 Å². The van der Waals surface area contributed by atoms with E-state index < -0.39 is 5.97 Å². The molecule has 1 aromatic heterocycles. The third kappa shape index (κ3) is 2.95. The van der Waals surface area contributed by atoms with Gasteiger partial charge in [-0.1, -0.05) is 6.92 Å². The molecule has 0 spiro atoms. The number of carboxylic acids is 1. The molecule has 0 radical (unpaired) electrons. The lowest BCUT2D eigenvalue weighted by molar-refractivity contribution is 0.0697. The smallest absolute Gasteiger partial charge is 0.335 e. The van der Waals surface area contributed by atoms with Crippen molar-refractivity contribution >= 4 is 16.9 Å². The molecule has 1 aromatic carbocycles. The number of aromatic nitrogens is 1. The van der Waals surface area contributed by atoms with Gasteiger partial charge in [0.2, 0.25) is 0 Å². The quantitative estimate of drug-likeness (QED) is 0.875. The number of hydrogen-bond donors (Lipinski definition) is 1. The van der Waals surface area contributed by atoms with Crippen LogP contribution < -0.4 is 0 Å². The third-order valence-electron chi connectivity index (χ3n) is 5.45. The first-order valence-electron chi connectivity index (χ1n) is 9.17. The number of rotatable bonds is 6. The van der Waals surface area contributed by atoms with E-state index in [1.807, 2.05) is 12.1 Å². The molecule has 0 bridgehead atoms. The molecule has 2 aromatic rings. The van der Waals surface area contributed by atoms with Gasteiger partial charge in [-0.25, -0.2) is 4.79 Å². The Morgan fingerprint density at radius 3 is 2.50 bits per heavy atom. The molecule has 24 heavy (non-hydrogen) atoms. The van der Waals surface area contributed by atoms with Gasteiger partial charge in [-0.15, -0.1) is 0 Å². The van der Waals surface area contributed by atoms with Gasteiger partial charge in [0.1, 0.15) is 0 Å². The van der Waals surface area contributed by atoms with Crippen LogP contribution in [0.2, 0.25) is 0 Å². The molecule has 0 atom stereocenters. The van der Waals surface area contributed by atoms with Crippen molar-refractivity contribution in [2.75, 3.05) is 19.6 Å². The summed E-state index contributed by atoms with van der Waals surface area (Å²) in [7, 11) is 0. The van der Waals surface area contributed by atoms with E-state index in [1.54, 1.807) is 0 Å². The summed E-state index contributed by atoms with van der Waals surface area (Å²) in [6.45, 7) is 10.8. The Balaban J connectivity index is 2.10. The summed E-state index contributed by atoms with van der Waals surface area (Å²) in [5.74, 6) is -0.834. The molecular formula is C20H28N2O2. The van der Waals surface area contributed by atoms with Gasteiger partial charge < -0.3 is 14.6 Å². The summed E-state index contributed by atoms with van der Waals surface area (Å²) < 4.78 is 2.36. The lowest BCUT2D eigenvalue weighted by atomic mass is 10.0. The zero-order valence-corrected chi connectivity index (χ0v) is 15.1. The van der Waals surface area contributed by atoms with Gasteiger partial charge in [-0.3, -0.25) is 0 Å². The number of likely N-dealkylation sites (tertiary alicyclic amines) is 1. The first-order chi connectivity index (χ1) is 11.6. The number of carboxylic acid groups (broad SMARTS) is 1. The van der Waals surface area contributed by atoms with Crippen LogP contribution in [0.4, 0.5) is 0 Å². The fourth-order valence-electron chi connectivity index (χ4n) is 4.15. The molecule has 1 fully saturated rings. The summed E-state index contributed by atoms with van der Waals surface area (Å²) in [4.78, 5) is 14.1. The molecule has 130 valence electrons. The van der Waals surface area contributed by atoms with Gasteiger partial charge in [-0.2, -0.15) is 0 Å². The third-order valence-corrected chi connectivity index (χ3v) is 5.45. The minimum atomic E-state index is -0.834. The van der Waals surface area contributed by atoms with Crippen molar-refractivity contribution in [3.05, 3.63) is 34.5 Å². The molecule has 4 heteroatoms. The van der Waals surface area contributed by atoms with E-state index in [4.69, 9.17) is 0 Å². The molecule has 3 rings (SSSR count). The minimum Gasteiger partial charge on any atom is -0.478 e. The predicted molar refractivity (Wildman–Crippen MR) is 98.1 cm³/mol. The van der Waals surface area contributed by atoms with Gasteiger partial charge in [0.25, 0.3) is 0 Å². The summed E-state index contributed by atoms with van der Waals surface area (Å²) in [5.41, 5.74) is 5.41. The SMILES string of the molecule is CCc1cc(C(=O)O)cc2c(CCN3CCCC3)c(C)n(CC)c12. The highest BCUT2D eigenvalue weighted by Crippen LogP contribution is 2.31. The Morgan fingerprint density at radius 1 is 1.21 bits per heavy atom. The summed E-state index contributed by atoms with van der Waals surface area (Å²) >= 11 is 0. The first-order valence-corrected chi connectivity index (χ1v) is 9.17.